The molecule has 0 fully saturated rings. The number of primary amides is 1. The molecule has 0 aromatic carbocycles. The number of nitrogens with zero attached hydrogens (tertiary/aromatic N) is 2. The molecule has 7 nitrogen and oxygen atoms in total. The Kier molecular flexibility index (Phi) is 6.59. The number of hydrogen-bond donors (Lipinski definition) is 1. The average molecular weight is 205 g/mol. The van der Waals surface area contributed by atoms with Gasteiger partial charge >= 0.3 is 6.03 Å². The number of hydrogen-bond acceptors (Lipinski definition) is 5. The van der Waals surface area contributed by atoms with E-state index in [4.69, 9.17) is 15.2 Å². The van der Waals surface area contributed by atoms with Gasteiger partial charge in [0.2, 0.25) is 0 Å². The second kappa shape index (κ2) is 7.22. The number of rotatable bonds is 7. The van der Waals surface area contributed by atoms with Crippen molar-refractivity contribution in [3.8, 4) is 0 Å². The Bertz CT molecular complexity index is 182. The molecule has 82 valence electrons. The van der Waals surface area contributed by atoms with Gasteiger partial charge in [0.05, 0.1) is 5.29 Å². The lowest BCUT2D eigenvalue weighted by Crippen LogP contribution is -2.39. The molecular weight excluding hydrogens is 190 g/mol. The predicted molar refractivity (Wildman–Crippen MR) is 49.1 cm³/mol. The fraction of sp³-hybridized carbons (Fsp3) is 0.857. The first kappa shape index (κ1) is 12.8. The molecule has 14 heavy (non-hydrogen) atoms. The van der Waals surface area contributed by atoms with Crippen LogP contribution in [0.1, 0.15) is 13.8 Å². The van der Waals surface area contributed by atoms with Crippen LogP contribution in [0.3, 0.4) is 0 Å². The molecule has 2 N–H and O–H groups in total. The maximum Gasteiger partial charge on any atom is 0.337 e. The van der Waals surface area contributed by atoms with Gasteiger partial charge in [-0.05, 0) is 13.8 Å². The summed E-state index contributed by atoms with van der Waals surface area (Å²) in [6.45, 7) is 4.27. The van der Waals surface area contributed by atoms with Gasteiger partial charge in [0.25, 0.3) is 0 Å². The smallest absolute Gasteiger partial charge is 0.337 e. The van der Waals surface area contributed by atoms with E-state index in [0.717, 1.165) is 0 Å². The molecule has 0 unspecified atom stereocenters. The van der Waals surface area contributed by atoms with E-state index in [2.05, 4.69) is 5.29 Å². The summed E-state index contributed by atoms with van der Waals surface area (Å²) < 4.78 is 10.2. The Morgan fingerprint density at radius 3 is 2.21 bits per heavy atom. The van der Waals surface area contributed by atoms with Crippen molar-refractivity contribution in [3.05, 3.63) is 4.91 Å². The van der Waals surface area contributed by atoms with Crippen LogP contribution >= 0.6 is 0 Å². The maximum absolute atomic E-state index is 10.6. The van der Waals surface area contributed by atoms with Gasteiger partial charge < -0.3 is 15.2 Å². The summed E-state index contributed by atoms with van der Waals surface area (Å²) in [6, 6.07) is -0.926. The van der Waals surface area contributed by atoms with Crippen LogP contribution in [0.2, 0.25) is 0 Å². The number of carbonyl (C=O) groups is 1. The third-order valence-corrected chi connectivity index (χ3v) is 1.38. The zero-order valence-electron chi connectivity index (χ0n) is 8.30. The quantitative estimate of drug-likeness (QED) is 0.371. The van der Waals surface area contributed by atoms with Crippen LogP contribution in [0.5, 0.6) is 0 Å². The van der Waals surface area contributed by atoms with Crippen molar-refractivity contribution in [1.82, 2.24) is 5.01 Å². The number of ether oxygens (including phenoxy) is 2. The largest absolute Gasteiger partial charge is 0.351 e. The summed E-state index contributed by atoms with van der Waals surface area (Å²) in [6.07, 6.45) is -0.671. The lowest BCUT2D eigenvalue weighted by Gasteiger charge is -2.19. The van der Waals surface area contributed by atoms with E-state index in [0.29, 0.717) is 18.2 Å². The number of urea groups is 1. The summed E-state index contributed by atoms with van der Waals surface area (Å²) in [7, 11) is 0. The summed E-state index contributed by atoms with van der Waals surface area (Å²) >= 11 is 0. The number of nitroso groups, excluding NO2 is 1. The van der Waals surface area contributed by atoms with E-state index in [-0.39, 0.29) is 6.54 Å². The summed E-state index contributed by atoms with van der Waals surface area (Å²) in [4.78, 5) is 20.8. The summed E-state index contributed by atoms with van der Waals surface area (Å²) in [5.41, 5.74) is 4.87. The highest BCUT2D eigenvalue weighted by Crippen LogP contribution is 2.00. The van der Waals surface area contributed by atoms with Crippen LogP contribution in [0.4, 0.5) is 4.79 Å². The molecule has 0 aromatic rings. The van der Waals surface area contributed by atoms with Crippen LogP contribution in [0.15, 0.2) is 5.29 Å². The second-order valence-electron chi connectivity index (χ2n) is 2.34. The van der Waals surface area contributed by atoms with Gasteiger partial charge in [-0.15, -0.1) is 4.91 Å². The van der Waals surface area contributed by atoms with Crippen LogP contribution < -0.4 is 5.73 Å². The first-order chi connectivity index (χ1) is 6.65. The van der Waals surface area contributed by atoms with Gasteiger partial charge in [0.15, 0.2) is 6.29 Å². The molecule has 0 aliphatic heterocycles. The van der Waals surface area contributed by atoms with E-state index in [9.17, 15) is 9.70 Å². The number of amides is 2. The normalized spacial score (nSPS) is 10.2. The fourth-order valence-electron chi connectivity index (χ4n) is 0.830. The molecule has 0 aliphatic carbocycles. The second-order valence-corrected chi connectivity index (χ2v) is 2.34. The molecule has 0 atom stereocenters. The summed E-state index contributed by atoms with van der Waals surface area (Å²) in [5, 5.41) is 2.99. The molecule has 7 heteroatoms. The van der Waals surface area contributed by atoms with E-state index in [1.165, 1.54) is 0 Å². The minimum atomic E-state index is -0.926. The van der Waals surface area contributed by atoms with Crippen LogP contribution in [0, 0.1) is 4.91 Å². The van der Waals surface area contributed by atoms with Gasteiger partial charge in [-0.2, -0.15) is 5.01 Å². The van der Waals surface area contributed by atoms with Crippen molar-refractivity contribution in [3.63, 3.8) is 0 Å². The van der Waals surface area contributed by atoms with E-state index in [1.54, 1.807) is 13.8 Å². The third kappa shape index (κ3) is 4.73. The van der Waals surface area contributed by atoms with Gasteiger partial charge in [-0.1, -0.05) is 0 Å². The lowest BCUT2D eigenvalue weighted by molar-refractivity contribution is -0.142. The van der Waals surface area contributed by atoms with Gasteiger partial charge in [-0.3, -0.25) is 0 Å². The highest BCUT2D eigenvalue weighted by molar-refractivity contribution is 5.71. The van der Waals surface area contributed by atoms with Crippen LogP contribution in [0.25, 0.3) is 0 Å². The fourth-order valence-corrected chi connectivity index (χ4v) is 0.830. The van der Waals surface area contributed by atoms with Crippen molar-refractivity contribution in [1.29, 1.82) is 0 Å². The molecule has 2 amide bonds. The number of carbonyl (C=O) groups excluding carboxylic acids is 1. The Morgan fingerprint density at radius 2 is 1.93 bits per heavy atom. The maximum atomic E-state index is 10.6. The zero-order chi connectivity index (χ0) is 11.0. The first-order valence-electron chi connectivity index (χ1n) is 4.29. The van der Waals surface area contributed by atoms with Gasteiger partial charge in [0.1, 0.15) is 6.54 Å². The van der Waals surface area contributed by atoms with E-state index in [1.807, 2.05) is 0 Å². The topological polar surface area (TPSA) is 94.2 Å². The Balaban J connectivity index is 4.10. The molecule has 0 rings (SSSR count). The van der Waals surface area contributed by atoms with E-state index >= 15 is 0 Å². The van der Waals surface area contributed by atoms with E-state index < -0.39 is 12.3 Å². The van der Waals surface area contributed by atoms with Crippen molar-refractivity contribution >= 4 is 6.03 Å². The molecule has 0 saturated carbocycles. The Labute approximate surface area is 82.1 Å². The van der Waals surface area contributed by atoms with Gasteiger partial charge in [0, 0.05) is 13.2 Å². The highest BCUT2D eigenvalue weighted by Gasteiger charge is 2.17. The molecule has 0 spiro atoms. The molecule has 0 heterocycles. The molecule has 0 aliphatic rings. The average Bonchev–Trinajstić information content (AvgIpc) is 2.14. The highest BCUT2D eigenvalue weighted by atomic mass is 16.7. The van der Waals surface area contributed by atoms with Crippen LogP contribution in [-0.2, 0) is 9.47 Å². The van der Waals surface area contributed by atoms with Crippen molar-refractivity contribution in [2.24, 2.45) is 11.0 Å². The molecule has 0 aromatic heterocycles. The Hall–Kier alpha value is -1.21. The zero-order valence-corrected chi connectivity index (χ0v) is 8.30. The minimum Gasteiger partial charge on any atom is -0.351 e. The SMILES string of the molecule is CCOC(CN(N=O)C(N)=O)OCC. The summed E-state index contributed by atoms with van der Waals surface area (Å²) in [5.74, 6) is 0. The minimum absolute atomic E-state index is 0.0967. The van der Waals surface area contributed by atoms with Crippen LogP contribution in [-0.4, -0.2) is 37.1 Å². The molecule has 0 saturated heterocycles. The first-order valence-corrected chi connectivity index (χ1v) is 4.29. The predicted octanol–water partition coefficient (Wildman–Crippen LogP) is 0.448. The molecule has 0 bridgehead atoms. The molecule has 0 radical (unpaired) electrons. The number of nitrogens with two attached hydrogens (primary N) is 1. The van der Waals surface area contributed by atoms with Crippen molar-refractivity contribution in [2.75, 3.05) is 19.8 Å². The standard InChI is InChI=1S/C7H15N3O4/c1-3-13-6(14-4-2)5-10(9-12)7(8)11/h6H,3-5H2,1-2H3,(H2,8,11). The van der Waals surface area contributed by atoms with Gasteiger partial charge in [-0.25, -0.2) is 4.79 Å². The van der Waals surface area contributed by atoms with Crippen molar-refractivity contribution in [2.45, 2.75) is 20.1 Å². The van der Waals surface area contributed by atoms with Crippen molar-refractivity contribution < 1.29 is 14.3 Å². The Morgan fingerprint density at radius 1 is 1.43 bits per heavy atom. The third-order valence-electron chi connectivity index (χ3n) is 1.38. The monoisotopic (exact) mass is 205 g/mol. The lowest BCUT2D eigenvalue weighted by atomic mass is 10.5. The molecular formula is C7H15N3O4.